The Bertz CT molecular complexity index is 1840. The van der Waals surface area contributed by atoms with E-state index in [4.69, 9.17) is 19.6 Å². The van der Waals surface area contributed by atoms with Crippen molar-refractivity contribution in [2.75, 3.05) is 13.2 Å². The summed E-state index contributed by atoms with van der Waals surface area (Å²) >= 11 is 1.51. The van der Waals surface area contributed by atoms with Gasteiger partial charge in [0.25, 0.3) is 0 Å². The number of ketones is 1. The van der Waals surface area contributed by atoms with Crippen molar-refractivity contribution in [1.29, 1.82) is 0 Å². The number of fused-ring (bicyclic) bond motifs is 2. The van der Waals surface area contributed by atoms with E-state index >= 15 is 0 Å². The minimum atomic E-state index is -0.0970. The number of para-hydroxylation sites is 2. The standard InChI is InChI=1S/C33H23N3O3S/c37-32(22-9-3-1-4-10-22)26(33-34-27-13-7-8-14-30(27)40-33)19-24-21-36(25-11-5-2-6-12-25)35-31(24)23-15-16-28-29(20-23)39-18-17-38-28/h1-16,19-21H,17-18H2/b26-19-. The Labute approximate surface area is 234 Å². The number of benzene rings is 4. The Balaban J connectivity index is 1.43. The van der Waals surface area contributed by atoms with Gasteiger partial charge in [0.15, 0.2) is 17.3 Å². The van der Waals surface area contributed by atoms with Crippen LogP contribution in [0.4, 0.5) is 0 Å². The summed E-state index contributed by atoms with van der Waals surface area (Å²) in [4.78, 5) is 18.8. The van der Waals surface area contributed by atoms with Gasteiger partial charge < -0.3 is 9.47 Å². The summed E-state index contributed by atoms with van der Waals surface area (Å²) < 4.78 is 14.5. The second kappa shape index (κ2) is 10.3. The third kappa shape index (κ3) is 4.57. The first-order chi connectivity index (χ1) is 19.7. The number of Topliss-reactive ketones (excluding diaryl/α,β-unsaturated/α-hetero) is 1. The highest BCUT2D eigenvalue weighted by atomic mass is 32.1. The maximum atomic E-state index is 14.0. The normalized spacial score (nSPS) is 12.9. The molecule has 0 N–H and O–H groups in total. The lowest BCUT2D eigenvalue weighted by Gasteiger charge is -2.18. The molecule has 194 valence electrons. The molecule has 6 aromatic rings. The molecule has 0 unspecified atom stereocenters. The monoisotopic (exact) mass is 541 g/mol. The molecular formula is C33H23N3O3S. The van der Waals surface area contributed by atoms with Gasteiger partial charge in [0, 0.05) is 22.9 Å². The maximum absolute atomic E-state index is 14.0. The lowest BCUT2D eigenvalue weighted by molar-refractivity contribution is 0.105. The lowest BCUT2D eigenvalue weighted by atomic mass is 10.00. The van der Waals surface area contributed by atoms with Crippen molar-refractivity contribution in [3.05, 3.63) is 125 Å². The largest absolute Gasteiger partial charge is 0.486 e. The highest BCUT2D eigenvalue weighted by Crippen LogP contribution is 2.37. The molecule has 7 heteroatoms. The quantitative estimate of drug-likeness (QED) is 0.163. The van der Waals surface area contributed by atoms with Crippen LogP contribution >= 0.6 is 11.3 Å². The molecule has 6 nitrogen and oxygen atoms in total. The molecular weight excluding hydrogens is 518 g/mol. The molecule has 0 saturated carbocycles. The van der Waals surface area contributed by atoms with Gasteiger partial charge >= 0.3 is 0 Å². The van der Waals surface area contributed by atoms with Crippen molar-refractivity contribution in [3.63, 3.8) is 0 Å². The number of ether oxygens (including phenoxy) is 2. The molecule has 0 spiro atoms. The predicted molar refractivity (Wildman–Crippen MR) is 158 cm³/mol. The van der Waals surface area contributed by atoms with E-state index in [-0.39, 0.29) is 5.78 Å². The highest BCUT2D eigenvalue weighted by molar-refractivity contribution is 7.20. The number of allylic oxidation sites excluding steroid dienone is 1. The third-order valence-corrected chi connectivity index (χ3v) is 7.75. The fraction of sp³-hybridized carbons (Fsp3) is 0.0606. The number of aromatic nitrogens is 3. The first-order valence-electron chi connectivity index (χ1n) is 13.0. The Morgan fingerprint density at radius 2 is 1.55 bits per heavy atom. The van der Waals surface area contributed by atoms with Gasteiger partial charge in [-0.25, -0.2) is 9.67 Å². The fourth-order valence-electron chi connectivity index (χ4n) is 4.73. The average molecular weight is 542 g/mol. The molecule has 2 aromatic heterocycles. The molecule has 0 atom stereocenters. The molecule has 0 bridgehead atoms. The first-order valence-corrected chi connectivity index (χ1v) is 13.8. The van der Waals surface area contributed by atoms with Crippen molar-refractivity contribution < 1.29 is 14.3 Å². The van der Waals surface area contributed by atoms with Gasteiger partial charge in [-0.1, -0.05) is 60.7 Å². The summed E-state index contributed by atoms with van der Waals surface area (Å²) in [6, 6.07) is 33.0. The van der Waals surface area contributed by atoms with E-state index in [1.165, 1.54) is 11.3 Å². The Kier molecular flexibility index (Phi) is 6.18. The van der Waals surface area contributed by atoms with Crippen LogP contribution in [-0.4, -0.2) is 33.8 Å². The zero-order valence-electron chi connectivity index (χ0n) is 21.4. The number of hydrogen-bond donors (Lipinski definition) is 0. The van der Waals surface area contributed by atoms with Crippen molar-refractivity contribution in [1.82, 2.24) is 14.8 Å². The zero-order chi connectivity index (χ0) is 26.9. The molecule has 0 radical (unpaired) electrons. The first kappa shape index (κ1) is 24.1. The summed E-state index contributed by atoms with van der Waals surface area (Å²) in [5.74, 6) is 1.30. The third-order valence-electron chi connectivity index (χ3n) is 6.68. The van der Waals surface area contributed by atoms with E-state index in [0.717, 1.165) is 32.7 Å². The Morgan fingerprint density at radius 3 is 2.35 bits per heavy atom. The van der Waals surface area contributed by atoms with Gasteiger partial charge in [-0.3, -0.25) is 4.79 Å². The number of rotatable bonds is 6. The molecule has 1 aliphatic rings. The summed E-state index contributed by atoms with van der Waals surface area (Å²) in [5.41, 5.74) is 5.27. The summed E-state index contributed by atoms with van der Waals surface area (Å²) in [5, 5.41) is 5.63. The lowest BCUT2D eigenvalue weighted by Crippen LogP contribution is -2.15. The Morgan fingerprint density at radius 1 is 0.825 bits per heavy atom. The maximum Gasteiger partial charge on any atom is 0.196 e. The molecule has 0 aliphatic carbocycles. The minimum Gasteiger partial charge on any atom is -0.486 e. The molecule has 0 fully saturated rings. The summed E-state index contributed by atoms with van der Waals surface area (Å²) in [6.45, 7) is 1.02. The second-order valence-corrected chi connectivity index (χ2v) is 10.3. The van der Waals surface area contributed by atoms with Gasteiger partial charge in [-0.15, -0.1) is 11.3 Å². The van der Waals surface area contributed by atoms with Crippen molar-refractivity contribution in [3.8, 4) is 28.4 Å². The van der Waals surface area contributed by atoms with Crippen molar-refractivity contribution in [2.45, 2.75) is 0 Å². The number of carbonyl (C=O) groups excluding carboxylic acids is 1. The fourth-order valence-corrected chi connectivity index (χ4v) is 5.71. The van der Waals surface area contributed by atoms with E-state index in [1.54, 1.807) is 0 Å². The SMILES string of the molecule is O=C(/C(=C/c1cn(-c2ccccc2)nc1-c1ccc2c(c1)OCCO2)c1nc2ccccc2s1)c1ccccc1. The van der Waals surface area contributed by atoms with E-state index in [0.29, 0.717) is 40.9 Å². The number of nitrogens with zero attached hydrogens (tertiary/aromatic N) is 3. The summed E-state index contributed by atoms with van der Waals surface area (Å²) in [7, 11) is 0. The van der Waals surface area contributed by atoms with Crippen molar-refractivity contribution in [2.24, 2.45) is 0 Å². The van der Waals surface area contributed by atoms with Crippen LogP contribution < -0.4 is 9.47 Å². The van der Waals surface area contributed by atoms with E-state index in [1.807, 2.05) is 120 Å². The average Bonchev–Trinajstić information content (AvgIpc) is 3.65. The van der Waals surface area contributed by atoms with E-state index in [2.05, 4.69) is 0 Å². The van der Waals surface area contributed by atoms with Crippen LogP contribution in [0.15, 0.2) is 109 Å². The topological polar surface area (TPSA) is 66.2 Å². The van der Waals surface area contributed by atoms with Crippen LogP contribution in [-0.2, 0) is 0 Å². The Hall–Kier alpha value is -5.01. The van der Waals surface area contributed by atoms with Gasteiger partial charge in [0.05, 0.1) is 21.5 Å². The smallest absolute Gasteiger partial charge is 0.196 e. The molecule has 4 aromatic carbocycles. The van der Waals surface area contributed by atoms with Gasteiger partial charge in [0.1, 0.15) is 23.9 Å². The molecule has 1 aliphatic heterocycles. The molecule has 7 rings (SSSR count). The molecule has 40 heavy (non-hydrogen) atoms. The van der Waals surface area contributed by atoms with Crippen LogP contribution in [0.1, 0.15) is 20.9 Å². The van der Waals surface area contributed by atoms with Gasteiger partial charge in [-0.2, -0.15) is 5.10 Å². The minimum absolute atomic E-state index is 0.0970. The van der Waals surface area contributed by atoms with Crippen LogP contribution in [0.2, 0.25) is 0 Å². The van der Waals surface area contributed by atoms with Gasteiger partial charge in [-0.05, 0) is 48.5 Å². The summed E-state index contributed by atoms with van der Waals surface area (Å²) in [6.07, 6.45) is 3.86. The van der Waals surface area contributed by atoms with Crippen LogP contribution in [0, 0.1) is 0 Å². The molecule has 0 saturated heterocycles. The number of thiazole rings is 1. The highest BCUT2D eigenvalue weighted by Gasteiger charge is 2.22. The predicted octanol–water partition coefficient (Wildman–Crippen LogP) is 7.34. The number of carbonyl (C=O) groups is 1. The van der Waals surface area contributed by atoms with Gasteiger partial charge in [0.2, 0.25) is 0 Å². The van der Waals surface area contributed by atoms with E-state index in [9.17, 15) is 4.79 Å². The van der Waals surface area contributed by atoms with Crippen LogP contribution in [0.5, 0.6) is 11.5 Å². The van der Waals surface area contributed by atoms with E-state index < -0.39 is 0 Å². The van der Waals surface area contributed by atoms with Crippen molar-refractivity contribution >= 4 is 39.0 Å². The zero-order valence-corrected chi connectivity index (χ0v) is 22.2. The second-order valence-electron chi connectivity index (χ2n) is 9.31. The molecule has 3 heterocycles. The molecule has 0 amide bonds. The van der Waals surface area contributed by atoms with Crippen LogP contribution in [0.25, 0.3) is 38.8 Å². The van der Waals surface area contributed by atoms with Crippen LogP contribution in [0.3, 0.4) is 0 Å². The number of hydrogen-bond acceptors (Lipinski definition) is 6.